The van der Waals surface area contributed by atoms with Gasteiger partial charge in [-0.05, 0) is 35.7 Å². The van der Waals surface area contributed by atoms with Crippen molar-refractivity contribution in [1.82, 2.24) is 10.1 Å². The minimum Gasteiger partial charge on any atom is -0.507 e. The standard InChI is InChI=1S/C17H16N2O2/c20-15-10-13-8-4-3-7-12(13)9-14(15)17-18-16(19-21-17)11-5-1-2-6-11/h3-4,7-11,20H,1-2,5-6H2. The van der Waals surface area contributed by atoms with Crippen LogP contribution in [0.5, 0.6) is 5.75 Å². The molecule has 21 heavy (non-hydrogen) atoms. The normalized spacial score (nSPS) is 15.8. The van der Waals surface area contributed by atoms with E-state index in [1.165, 1.54) is 12.8 Å². The van der Waals surface area contributed by atoms with Gasteiger partial charge in [0.25, 0.3) is 5.89 Å². The summed E-state index contributed by atoms with van der Waals surface area (Å²) in [7, 11) is 0. The Morgan fingerprint density at radius 2 is 1.76 bits per heavy atom. The minimum absolute atomic E-state index is 0.176. The highest BCUT2D eigenvalue weighted by molar-refractivity contribution is 5.89. The Kier molecular flexibility index (Phi) is 2.88. The van der Waals surface area contributed by atoms with E-state index in [1.807, 2.05) is 30.3 Å². The van der Waals surface area contributed by atoms with Gasteiger partial charge < -0.3 is 9.63 Å². The van der Waals surface area contributed by atoms with Crippen molar-refractivity contribution in [2.75, 3.05) is 0 Å². The second kappa shape index (κ2) is 4.88. The van der Waals surface area contributed by atoms with E-state index in [4.69, 9.17) is 4.52 Å². The maximum Gasteiger partial charge on any atom is 0.261 e. The average molecular weight is 280 g/mol. The van der Waals surface area contributed by atoms with Crippen LogP contribution in [-0.4, -0.2) is 15.2 Å². The van der Waals surface area contributed by atoms with Crippen LogP contribution in [0.2, 0.25) is 0 Å². The molecule has 0 atom stereocenters. The highest BCUT2D eigenvalue weighted by Gasteiger charge is 2.23. The molecule has 1 aromatic heterocycles. The van der Waals surface area contributed by atoms with Gasteiger partial charge in [0.1, 0.15) is 5.75 Å². The number of benzene rings is 2. The van der Waals surface area contributed by atoms with Crippen molar-refractivity contribution >= 4 is 10.8 Å². The molecule has 0 radical (unpaired) electrons. The molecule has 4 rings (SSSR count). The SMILES string of the molecule is Oc1cc2ccccc2cc1-c1nc(C2CCCC2)no1. The largest absolute Gasteiger partial charge is 0.507 e. The van der Waals surface area contributed by atoms with Crippen LogP contribution in [0.3, 0.4) is 0 Å². The summed E-state index contributed by atoms with van der Waals surface area (Å²) in [5.41, 5.74) is 0.602. The first-order valence-corrected chi connectivity index (χ1v) is 7.37. The number of phenolic OH excluding ortho intramolecular Hbond substituents is 1. The molecule has 3 aromatic rings. The molecule has 4 nitrogen and oxygen atoms in total. The van der Waals surface area contributed by atoms with Crippen LogP contribution >= 0.6 is 0 Å². The molecule has 106 valence electrons. The van der Waals surface area contributed by atoms with E-state index >= 15 is 0 Å². The molecule has 0 bridgehead atoms. The molecule has 0 amide bonds. The number of hydrogen-bond acceptors (Lipinski definition) is 4. The van der Waals surface area contributed by atoms with Gasteiger partial charge in [0, 0.05) is 5.92 Å². The number of aromatic hydroxyl groups is 1. The molecule has 1 saturated carbocycles. The molecule has 0 spiro atoms. The number of nitrogens with zero attached hydrogens (tertiary/aromatic N) is 2. The Balaban J connectivity index is 1.77. The zero-order valence-corrected chi connectivity index (χ0v) is 11.6. The highest BCUT2D eigenvalue weighted by atomic mass is 16.5. The molecule has 1 N–H and O–H groups in total. The van der Waals surface area contributed by atoms with Crippen molar-refractivity contribution in [1.29, 1.82) is 0 Å². The minimum atomic E-state index is 0.176. The van der Waals surface area contributed by atoms with Crippen LogP contribution in [0, 0.1) is 0 Å². The molecular weight excluding hydrogens is 264 g/mol. The number of fused-ring (bicyclic) bond motifs is 1. The lowest BCUT2D eigenvalue weighted by molar-refractivity contribution is 0.411. The molecule has 1 aliphatic carbocycles. The Labute approximate surface area is 122 Å². The van der Waals surface area contributed by atoms with Gasteiger partial charge in [-0.25, -0.2) is 0 Å². The maximum absolute atomic E-state index is 10.2. The predicted octanol–water partition coefficient (Wildman–Crippen LogP) is 4.25. The van der Waals surface area contributed by atoms with Crippen molar-refractivity contribution in [2.24, 2.45) is 0 Å². The van der Waals surface area contributed by atoms with Gasteiger partial charge in [-0.3, -0.25) is 0 Å². The highest BCUT2D eigenvalue weighted by Crippen LogP contribution is 2.36. The van der Waals surface area contributed by atoms with Gasteiger partial charge in [0.05, 0.1) is 5.56 Å². The van der Waals surface area contributed by atoms with Crippen molar-refractivity contribution in [3.8, 4) is 17.2 Å². The van der Waals surface area contributed by atoms with Crippen LogP contribution in [-0.2, 0) is 0 Å². The van der Waals surface area contributed by atoms with Crippen LogP contribution in [0.25, 0.3) is 22.2 Å². The fourth-order valence-corrected chi connectivity index (χ4v) is 3.09. The number of aromatic nitrogens is 2. The third-order valence-corrected chi connectivity index (χ3v) is 4.26. The van der Waals surface area contributed by atoms with E-state index in [0.717, 1.165) is 29.4 Å². The first-order valence-electron chi connectivity index (χ1n) is 7.37. The predicted molar refractivity (Wildman–Crippen MR) is 80.1 cm³/mol. The molecule has 0 saturated heterocycles. The van der Waals surface area contributed by atoms with Gasteiger partial charge in [0.2, 0.25) is 0 Å². The summed E-state index contributed by atoms with van der Waals surface area (Å²) in [6.45, 7) is 0. The lowest BCUT2D eigenvalue weighted by atomic mass is 10.1. The Hall–Kier alpha value is -2.36. The van der Waals surface area contributed by atoms with E-state index in [9.17, 15) is 5.11 Å². The Morgan fingerprint density at radius 1 is 1.05 bits per heavy atom. The molecular formula is C17H16N2O2. The quantitative estimate of drug-likeness (QED) is 0.762. The van der Waals surface area contributed by atoms with E-state index in [2.05, 4.69) is 10.1 Å². The average Bonchev–Trinajstić information content (AvgIpc) is 3.17. The van der Waals surface area contributed by atoms with Crippen LogP contribution in [0.15, 0.2) is 40.9 Å². The van der Waals surface area contributed by atoms with Crippen LogP contribution in [0.1, 0.15) is 37.4 Å². The van der Waals surface area contributed by atoms with Crippen molar-refractivity contribution < 1.29 is 9.63 Å². The fourth-order valence-electron chi connectivity index (χ4n) is 3.09. The second-order valence-corrected chi connectivity index (χ2v) is 5.66. The van der Waals surface area contributed by atoms with Crippen LogP contribution < -0.4 is 0 Å². The number of rotatable bonds is 2. The summed E-state index contributed by atoms with van der Waals surface area (Å²) in [4.78, 5) is 4.49. The molecule has 4 heteroatoms. The second-order valence-electron chi connectivity index (χ2n) is 5.66. The summed E-state index contributed by atoms with van der Waals surface area (Å²) in [6.07, 6.45) is 4.72. The number of phenols is 1. The van der Waals surface area contributed by atoms with Gasteiger partial charge in [-0.15, -0.1) is 0 Å². The van der Waals surface area contributed by atoms with Crippen molar-refractivity contribution in [2.45, 2.75) is 31.6 Å². The fraction of sp³-hybridized carbons (Fsp3) is 0.294. The topological polar surface area (TPSA) is 59.2 Å². The third-order valence-electron chi connectivity index (χ3n) is 4.26. The van der Waals surface area contributed by atoms with E-state index < -0.39 is 0 Å². The Morgan fingerprint density at radius 3 is 2.52 bits per heavy atom. The van der Waals surface area contributed by atoms with Crippen LogP contribution in [0.4, 0.5) is 0 Å². The summed E-state index contributed by atoms with van der Waals surface area (Å²) in [6, 6.07) is 11.5. The van der Waals surface area contributed by atoms with E-state index in [1.54, 1.807) is 6.07 Å². The molecule has 1 heterocycles. The molecule has 0 unspecified atom stereocenters. The zero-order valence-electron chi connectivity index (χ0n) is 11.6. The third kappa shape index (κ3) is 2.17. The lowest BCUT2D eigenvalue weighted by Crippen LogP contribution is -1.94. The first kappa shape index (κ1) is 12.4. The summed E-state index contributed by atoms with van der Waals surface area (Å²) >= 11 is 0. The number of hydrogen-bond donors (Lipinski definition) is 1. The summed E-state index contributed by atoms with van der Waals surface area (Å²) in [5, 5.41) is 16.3. The van der Waals surface area contributed by atoms with Gasteiger partial charge in [-0.2, -0.15) is 4.98 Å². The smallest absolute Gasteiger partial charge is 0.261 e. The molecule has 1 aliphatic rings. The van der Waals surface area contributed by atoms with Crippen molar-refractivity contribution in [3.63, 3.8) is 0 Å². The van der Waals surface area contributed by atoms with Gasteiger partial charge >= 0.3 is 0 Å². The molecule has 0 aliphatic heterocycles. The lowest BCUT2D eigenvalue weighted by Gasteiger charge is -2.03. The monoisotopic (exact) mass is 280 g/mol. The van der Waals surface area contributed by atoms with Gasteiger partial charge in [0.15, 0.2) is 5.82 Å². The van der Waals surface area contributed by atoms with Crippen molar-refractivity contribution in [3.05, 3.63) is 42.2 Å². The zero-order chi connectivity index (χ0) is 14.2. The van der Waals surface area contributed by atoms with E-state index in [0.29, 0.717) is 17.4 Å². The summed E-state index contributed by atoms with van der Waals surface area (Å²) < 4.78 is 5.37. The first-order chi connectivity index (χ1) is 10.3. The van der Waals surface area contributed by atoms with E-state index in [-0.39, 0.29) is 5.75 Å². The molecule has 2 aromatic carbocycles. The summed E-state index contributed by atoms with van der Waals surface area (Å²) in [5.74, 6) is 1.76. The Bertz CT molecular complexity index is 788. The molecule has 1 fully saturated rings. The van der Waals surface area contributed by atoms with Gasteiger partial charge in [-0.1, -0.05) is 42.3 Å². The maximum atomic E-state index is 10.2.